The number of benzene rings is 1. The van der Waals surface area contributed by atoms with Crippen molar-refractivity contribution >= 4 is 22.9 Å². The van der Waals surface area contributed by atoms with Crippen molar-refractivity contribution < 1.29 is 23.5 Å². The van der Waals surface area contributed by atoms with Crippen LogP contribution in [0.5, 0.6) is 0 Å². The number of carbonyl (C=O) groups excluding carboxylic acids is 2. The quantitative estimate of drug-likeness (QED) is 0.875. The molecule has 1 aliphatic rings. The smallest absolute Gasteiger partial charge is 0.335 e. The van der Waals surface area contributed by atoms with E-state index >= 15 is 0 Å². The SMILES string of the molecule is Cc1ccc(C(C)CC2(N)OC(=O)C=CC(=O)O2)c2ccoc12. The van der Waals surface area contributed by atoms with Crippen LogP contribution in [0.4, 0.5) is 0 Å². The van der Waals surface area contributed by atoms with Gasteiger partial charge in [-0.15, -0.1) is 0 Å². The number of carbonyl (C=O) groups is 2. The van der Waals surface area contributed by atoms with E-state index < -0.39 is 17.8 Å². The topological polar surface area (TPSA) is 91.8 Å². The van der Waals surface area contributed by atoms with E-state index in [-0.39, 0.29) is 12.3 Å². The summed E-state index contributed by atoms with van der Waals surface area (Å²) >= 11 is 0. The van der Waals surface area contributed by atoms with Crippen molar-refractivity contribution in [3.05, 3.63) is 47.7 Å². The second-order valence-electron chi connectivity index (χ2n) is 5.73. The number of rotatable bonds is 3. The van der Waals surface area contributed by atoms with Gasteiger partial charge in [0.05, 0.1) is 6.26 Å². The Hall–Kier alpha value is -2.60. The number of esters is 2. The summed E-state index contributed by atoms with van der Waals surface area (Å²) in [5, 5.41) is 0.963. The maximum Gasteiger partial charge on any atom is 0.335 e. The molecule has 3 rings (SSSR count). The Balaban J connectivity index is 1.89. The Bertz CT molecular complexity index is 784. The molecule has 6 nitrogen and oxygen atoms in total. The van der Waals surface area contributed by atoms with Gasteiger partial charge in [0.25, 0.3) is 0 Å². The van der Waals surface area contributed by atoms with Gasteiger partial charge in [-0.05, 0) is 30.0 Å². The molecule has 2 aromatic rings. The first-order valence-corrected chi connectivity index (χ1v) is 7.27. The lowest BCUT2D eigenvalue weighted by Crippen LogP contribution is -2.48. The molecular weight excluding hydrogens is 298 g/mol. The lowest BCUT2D eigenvalue weighted by atomic mass is 9.92. The molecule has 0 aliphatic carbocycles. The highest BCUT2D eigenvalue weighted by Crippen LogP contribution is 2.33. The molecular formula is C17H17NO5. The van der Waals surface area contributed by atoms with Gasteiger partial charge in [0, 0.05) is 24.0 Å². The molecule has 2 N–H and O–H groups in total. The average molecular weight is 315 g/mol. The molecule has 0 fully saturated rings. The number of aryl methyl sites for hydroxylation is 1. The molecule has 1 atom stereocenters. The predicted octanol–water partition coefficient (Wildman–Crippen LogP) is 2.50. The van der Waals surface area contributed by atoms with Crippen LogP contribution in [0.25, 0.3) is 11.0 Å². The van der Waals surface area contributed by atoms with Crippen LogP contribution in [-0.2, 0) is 19.1 Å². The second-order valence-corrected chi connectivity index (χ2v) is 5.73. The zero-order valence-electron chi connectivity index (χ0n) is 12.9. The summed E-state index contributed by atoms with van der Waals surface area (Å²) in [6.07, 6.45) is 3.76. The monoisotopic (exact) mass is 315 g/mol. The molecule has 2 heterocycles. The van der Waals surface area contributed by atoms with Gasteiger partial charge in [-0.1, -0.05) is 19.1 Å². The van der Waals surface area contributed by atoms with E-state index in [2.05, 4.69) is 0 Å². The molecule has 1 aromatic carbocycles. The summed E-state index contributed by atoms with van der Waals surface area (Å²) < 4.78 is 15.6. The van der Waals surface area contributed by atoms with E-state index in [4.69, 9.17) is 19.6 Å². The summed E-state index contributed by atoms with van der Waals surface area (Å²) in [6, 6.07) is 5.80. The first-order valence-electron chi connectivity index (χ1n) is 7.27. The number of cyclic esters (lactones) is 2. The number of nitrogens with two attached hydrogens (primary N) is 1. The van der Waals surface area contributed by atoms with Gasteiger partial charge in [0.2, 0.25) is 0 Å². The molecule has 0 saturated heterocycles. The first kappa shape index (κ1) is 15.3. The fourth-order valence-electron chi connectivity index (χ4n) is 2.84. The third-order valence-corrected chi connectivity index (χ3v) is 3.87. The molecule has 6 heteroatoms. The van der Waals surface area contributed by atoms with Crippen LogP contribution in [0, 0.1) is 6.92 Å². The minimum Gasteiger partial charge on any atom is -0.464 e. The summed E-state index contributed by atoms with van der Waals surface area (Å²) in [7, 11) is 0. The average Bonchev–Trinajstić information content (AvgIpc) is 2.90. The Kier molecular flexibility index (Phi) is 3.69. The molecule has 120 valence electrons. The van der Waals surface area contributed by atoms with Crippen molar-refractivity contribution in [2.75, 3.05) is 0 Å². The molecule has 23 heavy (non-hydrogen) atoms. The largest absolute Gasteiger partial charge is 0.464 e. The molecule has 0 amide bonds. The van der Waals surface area contributed by atoms with Crippen LogP contribution < -0.4 is 5.73 Å². The van der Waals surface area contributed by atoms with E-state index in [1.165, 1.54) is 0 Å². The fourth-order valence-corrected chi connectivity index (χ4v) is 2.84. The fraction of sp³-hybridized carbons (Fsp3) is 0.294. The van der Waals surface area contributed by atoms with Crippen molar-refractivity contribution in [3.63, 3.8) is 0 Å². The van der Waals surface area contributed by atoms with Gasteiger partial charge in [-0.25, -0.2) is 9.59 Å². The molecule has 1 unspecified atom stereocenters. The van der Waals surface area contributed by atoms with Crippen molar-refractivity contribution in [2.45, 2.75) is 32.1 Å². The van der Waals surface area contributed by atoms with E-state index in [0.29, 0.717) is 0 Å². The third kappa shape index (κ3) is 2.98. The first-order chi connectivity index (χ1) is 10.9. The highest BCUT2D eigenvalue weighted by molar-refractivity contribution is 5.93. The Morgan fingerprint density at radius 2 is 1.78 bits per heavy atom. The van der Waals surface area contributed by atoms with Crippen LogP contribution in [0.3, 0.4) is 0 Å². The maximum absolute atomic E-state index is 11.5. The van der Waals surface area contributed by atoms with Gasteiger partial charge in [-0.3, -0.25) is 5.73 Å². The normalized spacial score (nSPS) is 18.4. The number of furan rings is 1. The maximum atomic E-state index is 11.5. The Morgan fingerprint density at radius 3 is 2.43 bits per heavy atom. The molecule has 1 aliphatic heterocycles. The van der Waals surface area contributed by atoms with Gasteiger partial charge < -0.3 is 13.9 Å². The molecule has 0 radical (unpaired) electrons. The highest BCUT2D eigenvalue weighted by atomic mass is 16.7. The standard InChI is InChI=1S/C17H17NO5/c1-10-3-4-12(13-7-8-21-16(10)13)11(2)9-17(18)22-14(19)5-6-15(20)23-17/h3-8,11H,9,18H2,1-2H3. The number of hydrogen-bond donors (Lipinski definition) is 1. The Morgan fingerprint density at radius 1 is 1.13 bits per heavy atom. The summed E-state index contributed by atoms with van der Waals surface area (Å²) in [4.78, 5) is 23.1. The van der Waals surface area contributed by atoms with Gasteiger partial charge in [0.15, 0.2) is 0 Å². The lowest BCUT2D eigenvalue weighted by Gasteiger charge is -2.29. The lowest BCUT2D eigenvalue weighted by molar-refractivity contribution is -0.221. The van der Waals surface area contributed by atoms with Crippen molar-refractivity contribution in [3.8, 4) is 0 Å². The van der Waals surface area contributed by atoms with Crippen LogP contribution >= 0.6 is 0 Å². The zero-order chi connectivity index (χ0) is 16.6. The van der Waals surface area contributed by atoms with Crippen molar-refractivity contribution in [1.82, 2.24) is 0 Å². The number of hydrogen-bond acceptors (Lipinski definition) is 6. The van der Waals surface area contributed by atoms with E-state index in [0.717, 1.165) is 34.2 Å². The van der Waals surface area contributed by atoms with Crippen LogP contribution in [0.2, 0.25) is 0 Å². The Labute approximate surface area is 132 Å². The summed E-state index contributed by atoms with van der Waals surface area (Å²) in [5.74, 6) is -3.33. The molecule has 0 bridgehead atoms. The van der Waals surface area contributed by atoms with E-state index in [1.807, 2.05) is 32.0 Å². The predicted molar refractivity (Wildman–Crippen MR) is 82.2 cm³/mol. The van der Waals surface area contributed by atoms with Gasteiger partial charge in [0.1, 0.15) is 5.58 Å². The molecule has 0 saturated carbocycles. The summed E-state index contributed by atoms with van der Waals surface area (Å²) in [6.45, 7) is 3.89. The summed E-state index contributed by atoms with van der Waals surface area (Å²) in [5.41, 5.74) is 8.79. The number of fused-ring (bicyclic) bond motifs is 1. The van der Waals surface area contributed by atoms with Crippen LogP contribution in [0.15, 0.2) is 41.0 Å². The minimum atomic E-state index is -1.79. The third-order valence-electron chi connectivity index (χ3n) is 3.87. The zero-order valence-corrected chi connectivity index (χ0v) is 12.9. The van der Waals surface area contributed by atoms with Crippen molar-refractivity contribution in [1.29, 1.82) is 0 Å². The molecule has 0 spiro atoms. The molecule has 1 aromatic heterocycles. The van der Waals surface area contributed by atoms with Gasteiger partial charge >= 0.3 is 17.8 Å². The van der Waals surface area contributed by atoms with Crippen LogP contribution in [0.1, 0.15) is 30.4 Å². The number of ether oxygens (including phenoxy) is 2. The van der Waals surface area contributed by atoms with E-state index in [9.17, 15) is 9.59 Å². The minimum absolute atomic E-state index is 0.126. The van der Waals surface area contributed by atoms with Crippen LogP contribution in [-0.4, -0.2) is 17.8 Å². The van der Waals surface area contributed by atoms with Crippen molar-refractivity contribution in [2.24, 2.45) is 5.73 Å². The van der Waals surface area contributed by atoms with E-state index in [1.54, 1.807) is 6.26 Å². The van der Waals surface area contributed by atoms with Gasteiger partial charge in [-0.2, -0.15) is 0 Å². The highest BCUT2D eigenvalue weighted by Gasteiger charge is 2.37. The second kappa shape index (κ2) is 5.55.